The standard InChI is InChI=1S/C10H9FO3/c1-6(12)2-7-3-9-10(4-8(7)11)14-5-13-9/h3-4H,2,5H2,1H3. The van der Waals surface area contributed by atoms with E-state index in [9.17, 15) is 9.18 Å². The summed E-state index contributed by atoms with van der Waals surface area (Å²) < 4.78 is 23.4. The second kappa shape index (κ2) is 3.29. The lowest BCUT2D eigenvalue weighted by Crippen LogP contribution is -1.99. The molecule has 74 valence electrons. The predicted molar refractivity (Wildman–Crippen MR) is 46.9 cm³/mol. The molecular formula is C10H9FO3. The van der Waals surface area contributed by atoms with Crippen molar-refractivity contribution in [1.82, 2.24) is 0 Å². The Hall–Kier alpha value is -1.58. The van der Waals surface area contributed by atoms with Gasteiger partial charge in [-0.2, -0.15) is 0 Å². The molecule has 14 heavy (non-hydrogen) atoms. The number of hydrogen-bond acceptors (Lipinski definition) is 3. The third-order valence-electron chi connectivity index (χ3n) is 1.98. The van der Waals surface area contributed by atoms with Gasteiger partial charge in [0.1, 0.15) is 11.6 Å². The van der Waals surface area contributed by atoms with Crippen molar-refractivity contribution >= 4 is 5.78 Å². The molecule has 4 heteroatoms. The van der Waals surface area contributed by atoms with Crippen LogP contribution in [-0.4, -0.2) is 12.6 Å². The fourth-order valence-electron chi connectivity index (χ4n) is 1.36. The van der Waals surface area contributed by atoms with Gasteiger partial charge in [0, 0.05) is 12.5 Å². The Morgan fingerprint density at radius 1 is 1.43 bits per heavy atom. The number of carbonyl (C=O) groups excluding carboxylic acids is 1. The number of Topliss-reactive ketones (excluding diaryl/α,β-unsaturated/α-hetero) is 1. The van der Waals surface area contributed by atoms with Crippen LogP contribution in [0.25, 0.3) is 0 Å². The molecule has 0 aliphatic carbocycles. The van der Waals surface area contributed by atoms with Crippen LogP contribution in [0.15, 0.2) is 12.1 Å². The quantitative estimate of drug-likeness (QED) is 0.722. The zero-order chi connectivity index (χ0) is 10.1. The molecule has 2 rings (SSSR count). The van der Waals surface area contributed by atoms with E-state index in [0.717, 1.165) is 0 Å². The number of benzene rings is 1. The van der Waals surface area contributed by atoms with Gasteiger partial charge in [-0.15, -0.1) is 0 Å². The molecule has 0 aromatic heterocycles. The highest BCUT2D eigenvalue weighted by Gasteiger charge is 2.17. The van der Waals surface area contributed by atoms with Crippen molar-refractivity contribution in [3.63, 3.8) is 0 Å². The fraction of sp³-hybridized carbons (Fsp3) is 0.300. The average Bonchev–Trinajstić information content (AvgIpc) is 2.51. The number of hydrogen-bond donors (Lipinski definition) is 0. The highest BCUT2D eigenvalue weighted by Crippen LogP contribution is 2.34. The summed E-state index contributed by atoms with van der Waals surface area (Å²) in [6.45, 7) is 1.53. The van der Waals surface area contributed by atoms with Crippen molar-refractivity contribution in [3.05, 3.63) is 23.5 Å². The molecule has 0 bridgehead atoms. The van der Waals surface area contributed by atoms with E-state index < -0.39 is 5.82 Å². The van der Waals surface area contributed by atoms with Gasteiger partial charge >= 0.3 is 0 Å². The Balaban J connectivity index is 2.37. The Bertz CT molecular complexity index is 387. The summed E-state index contributed by atoms with van der Waals surface area (Å²) in [4.78, 5) is 10.8. The minimum Gasteiger partial charge on any atom is -0.454 e. The SMILES string of the molecule is CC(=O)Cc1cc2c(cc1F)OCO2. The van der Waals surface area contributed by atoms with Crippen LogP contribution in [0.3, 0.4) is 0 Å². The van der Waals surface area contributed by atoms with Crippen LogP contribution in [-0.2, 0) is 11.2 Å². The number of halogens is 1. The molecule has 0 fully saturated rings. The van der Waals surface area contributed by atoms with E-state index in [0.29, 0.717) is 17.1 Å². The predicted octanol–water partition coefficient (Wildman–Crippen LogP) is 1.69. The van der Waals surface area contributed by atoms with Crippen LogP contribution in [0, 0.1) is 5.82 Å². The van der Waals surface area contributed by atoms with Crippen LogP contribution in [0.2, 0.25) is 0 Å². The highest BCUT2D eigenvalue weighted by atomic mass is 19.1. The minimum atomic E-state index is -0.426. The summed E-state index contributed by atoms with van der Waals surface area (Å²) >= 11 is 0. The van der Waals surface area contributed by atoms with E-state index in [-0.39, 0.29) is 19.0 Å². The van der Waals surface area contributed by atoms with Gasteiger partial charge in [0.15, 0.2) is 11.5 Å². The van der Waals surface area contributed by atoms with E-state index in [1.54, 1.807) is 0 Å². The van der Waals surface area contributed by atoms with Crippen LogP contribution in [0.1, 0.15) is 12.5 Å². The molecule has 1 aliphatic rings. The van der Waals surface area contributed by atoms with Gasteiger partial charge in [0.2, 0.25) is 6.79 Å². The number of ether oxygens (including phenoxy) is 2. The van der Waals surface area contributed by atoms with Gasteiger partial charge in [-0.3, -0.25) is 4.79 Å². The Morgan fingerprint density at radius 2 is 2.07 bits per heavy atom. The van der Waals surface area contributed by atoms with Gasteiger partial charge in [0.25, 0.3) is 0 Å². The monoisotopic (exact) mass is 196 g/mol. The third kappa shape index (κ3) is 1.55. The smallest absolute Gasteiger partial charge is 0.231 e. The van der Waals surface area contributed by atoms with Gasteiger partial charge in [-0.05, 0) is 18.6 Å². The average molecular weight is 196 g/mol. The third-order valence-corrected chi connectivity index (χ3v) is 1.98. The van der Waals surface area contributed by atoms with E-state index in [1.807, 2.05) is 0 Å². The van der Waals surface area contributed by atoms with Crippen LogP contribution in [0.4, 0.5) is 4.39 Å². The molecule has 0 unspecified atom stereocenters. The molecule has 0 saturated heterocycles. The summed E-state index contributed by atoms with van der Waals surface area (Å²) in [7, 11) is 0. The summed E-state index contributed by atoms with van der Waals surface area (Å²) in [6.07, 6.45) is 0.0858. The Morgan fingerprint density at radius 3 is 2.71 bits per heavy atom. The molecule has 1 heterocycles. The molecule has 1 aromatic carbocycles. The lowest BCUT2D eigenvalue weighted by molar-refractivity contribution is -0.116. The van der Waals surface area contributed by atoms with Crippen molar-refractivity contribution in [2.24, 2.45) is 0 Å². The van der Waals surface area contributed by atoms with E-state index in [2.05, 4.69) is 0 Å². The molecular weight excluding hydrogens is 187 g/mol. The highest BCUT2D eigenvalue weighted by molar-refractivity contribution is 5.78. The summed E-state index contributed by atoms with van der Waals surface area (Å²) in [6, 6.07) is 2.76. The van der Waals surface area contributed by atoms with Gasteiger partial charge in [-0.25, -0.2) is 4.39 Å². The number of fused-ring (bicyclic) bond motifs is 1. The largest absolute Gasteiger partial charge is 0.454 e. The molecule has 0 radical (unpaired) electrons. The van der Waals surface area contributed by atoms with Gasteiger partial charge in [0.05, 0.1) is 0 Å². The molecule has 0 amide bonds. The maximum absolute atomic E-state index is 13.3. The molecule has 1 aliphatic heterocycles. The Labute approximate surface area is 80.4 Å². The minimum absolute atomic E-state index is 0.0808. The zero-order valence-corrected chi connectivity index (χ0v) is 7.67. The summed E-state index contributed by atoms with van der Waals surface area (Å²) in [5, 5.41) is 0. The van der Waals surface area contributed by atoms with Crippen molar-refractivity contribution in [3.8, 4) is 11.5 Å². The van der Waals surface area contributed by atoms with Crippen molar-refractivity contribution in [2.45, 2.75) is 13.3 Å². The van der Waals surface area contributed by atoms with E-state index in [4.69, 9.17) is 9.47 Å². The fourth-order valence-corrected chi connectivity index (χ4v) is 1.36. The normalized spacial score (nSPS) is 13.0. The van der Waals surface area contributed by atoms with Crippen LogP contribution in [0.5, 0.6) is 11.5 Å². The van der Waals surface area contributed by atoms with Crippen molar-refractivity contribution < 1.29 is 18.7 Å². The van der Waals surface area contributed by atoms with Gasteiger partial charge in [-0.1, -0.05) is 0 Å². The second-order valence-corrected chi connectivity index (χ2v) is 3.18. The maximum Gasteiger partial charge on any atom is 0.231 e. The van der Waals surface area contributed by atoms with Crippen LogP contribution < -0.4 is 9.47 Å². The lowest BCUT2D eigenvalue weighted by Gasteiger charge is -2.02. The Kier molecular flexibility index (Phi) is 2.11. The summed E-state index contributed by atoms with van der Waals surface area (Å²) in [5.74, 6) is 0.393. The zero-order valence-electron chi connectivity index (χ0n) is 7.67. The number of ketones is 1. The molecule has 3 nitrogen and oxygen atoms in total. The first-order valence-corrected chi connectivity index (χ1v) is 4.24. The molecule has 0 N–H and O–H groups in total. The molecule has 0 atom stereocenters. The first kappa shape index (κ1) is 8.99. The topological polar surface area (TPSA) is 35.5 Å². The summed E-state index contributed by atoms with van der Waals surface area (Å²) in [5.41, 5.74) is 0.349. The molecule has 1 aromatic rings. The number of carbonyl (C=O) groups is 1. The number of rotatable bonds is 2. The molecule has 0 saturated carbocycles. The van der Waals surface area contributed by atoms with Crippen molar-refractivity contribution in [2.75, 3.05) is 6.79 Å². The maximum atomic E-state index is 13.3. The first-order valence-electron chi connectivity index (χ1n) is 4.24. The molecule has 0 spiro atoms. The van der Waals surface area contributed by atoms with E-state index >= 15 is 0 Å². The van der Waals surface area contributed by atoms with Gasteiger partial charge < -0.3 is 9.47 Å². The first-order chi connectivity index (χ1) is 6.66. The van der Waals surface area contributed by atoms with Crippen molar-refractivity contribution in [1.29, 1.82) is 0 Å². The van der Waals surface area contributed by atoms with E-state index in [1.165, 1.54) is 19.1 Å². The lowest BCUT2D eigenvalue weighted by atomic mass is 10.1. The van der Waals surface area contributed by atoms with Crippen LogP contribution >= 0.6 is 0 Å². The second-order valence-electron chi connectivity index (χ2n) is 3.18.